The first kappa shape index (κ1) is 15.1. The van der Waals surface area contributed by atoms with Crippen molar-refractivity contribution in [1.29, 1.82) is 0 Å². The lowest BCUT2D eigenvalue weighted by atomic mass is 10.0. The van der Waals surface area contributed by atoms with Gasteiger partial charge in [0.05, 0.1) is 5.25 Å². The average Bonchev–Trinajstić information content (AvgIpc) is 3.31. The van der Waals surface area contributed by atoms with Gasteiger partial charge in [-0.25, -0.2) is 18.2 Å². The highest BCUT2D eigenvalue weighted by Crippen LogP contribution is 2.48. The van der Waals surface area contributed by atoms with Gasteiger partial charge in [-0.3, -0.25) is 0 Å². The van der Waals surface area contributed by atoms with E-state index in [-0.39, 0.29) is 22.4 Å². The number of likely N-dealkylation sites (tertiary alicyclic amines) is 1. The molecule has 3 atom stereocenters. The Kier molecular flexibility index (Phi) is 3.66. The Morgan fingerprint density at radius 1 is 1.13 bits per heavy atom. The Morgan fingerprint density at radius 3 is 2.57 bits per heavy atom. The fourth-order valence-electron chi connectivity index (χ4n) is 4.40. The highest BCUT2D eigenvalue weighted by molar-refractivity contribution is 7.91. The number of carbonyl (C=O) groups is 1. The number of piperidine rings is 1. The monoisotopic (exact) mass is 338 g/mol. The molecule has 0 unspecified atom stereocenters. The molecule has 0 radical (unpaired) electrons. The molecule has 0 N–H and O–H groups in total. The molecule has 23 heavy (non-hydrogen) atoms. The van der Waals surface area contributed by atoms with Crippen molar-refractivity contribution >= 4 is 15.9 Å². The van der Waals surface area contributed by atoms with E-state index in [2.05, 4.69) is 10.1 Å². The van der Waals surface area contributed by atoms with Crippen LogP contribution in [0.2, 0.25) is 0 Å². The second-order valence-corrected chi connectivity index (χ2v) is 9.12. The number of hydrogen-bond acceptors (Lipinski definition) is 5. The molecule has 1 amide bonds. The number of carbonyl (C=O) groups excluding carboxylic acids is 1. The minimum atomic E-state index is -3.53. The molecule has 1 aromatic rings. The van der Waals surface area contributed by atoms with Crippen LogP contribution in [0.1, 0.15) is 44.9 Å². The fraction of sp³-hybridized carbons (Fsp3) is 0.800. The molecular weight excluding hydrogens is 316 g/mol. The summed E-state index contributed by atoms with van der Waals surface area (Å²) in [5.74, 6) is 0.784. The summed E-state index contributed by atoms with van der Waals surface area (Å²) in [4.78, 5) is 18.0. The molecule has 8 heteroatoms. The second kappa shape index (κ2) is 5.58. The van der Waals surface area contributed by atoms with Gasteiger partial charge < -0.3 is 4.90 Å². The molecule has 126 valence electrons. The van der Waals surface area contributed by atoms with Crippen LogP contribution in [-0.4, -0.2) is 52.5 Å². The summed E-state index contributed by atoms with van der Waals surface area (Å²) in [6.45, 7) is 1.40. The van der Waals surface area contributed by atoms with E-state index in [9.17, 15) is 13.2 Å². The molecule has 2 aliphatic carbocycles. The van der Waals surface area contributed by atoms with Gasteiger partial charge in [0.25, 0.3) is 5.16 Å². The molecule has 1 saturated heterocycles. The predicted octanol–water partition coefficient (Wildman–Crippen LogP) is 1.69. The van der Waals surface area contributed by atoms with Crippen molar-refractivity contribution in [3.63, 3.8) is 0 Å². The zero-order chi connectivity index (χ0) is 16.0. The molecular formula is C15H22N4O3S. The molecule has 2 heterocycles. The summed E-state index contributed by atoms with van der Waals surface area (Å²) in [6.07, 6.45) is 8.21. The Hall–Kier alpha value is -1.44. The van der Waals surface area contributed by atoms with E-state index in [4.69, 9.17) is 0 Å². The minimum Gasteiger partial charge on any atom is -0.323 e. The molecule has 7 nitrogen and oxygen atoms in total. The van der Waals surface area contributed by atoms with Crippen LogP contribution in [-0.2, 0) is 9.84 Å². The number of nitrogens with zero attached hydrogens (tertiary/aromatic N) is 4. The molecule has 0 aromatic carbocycles. The van der Waals surface area contributed by atoms with Crippen LogP contribution in [0.25, 0.3) is 0 Å². The third kappa shape index (κ3) is 2.56. The first-order chi connectivity index (χ1) is 11.1. The first-order valence-electron chi connectivity index (χ1n) is 8.50. The van der Waals surface area contributed by atoms with E-state index in [1.807, 2.05) is 0 Å². The van der Waals surface area contributed by atoms with Crippen LogP contribution in [0.4, 0.5) is 4.79 Å². The summed E-state index contributed by atoms with van der Waals surface area (Å²) in [6, 6.07) is -0.272. The van der Waals surface area contributed by atoms with Crippen molar-refractivity contribution in [2.75, 3.05) is 13.1 Å². The quantitative estimate of drug-likeness (QED) is 0.819. The van der Waals surface area contributed by atoms with Crippen LogP contribution in [0.5, 0.6) is 0 Å². The highest BCUT2D eigenvalue weighted by Gasteiger charge is 2.47. The van der Waals surface area contributed by atoms with Crippen molar-refractivity contribution in [2.45, 2.75) is 55.4 Å². The predicted molar refractivity (Wildman–Crippen MR) is 82.7 cm³/mol. The third-order valence-electron chi connectivity index (χ3n) is 5.62. The second-order valence-electron chi connectivity index (χ2n) is 7.06. The van der Waals surface area contributed by atoms with Crippen LogP contribution >= 0.6 is 0 Å². The zero-order valence-corrected chi connectivity index (χ0v) is 13.9. The highest BCUT2D eigenvalue weighted by atomic mass is 32.2. The van der Waals surface area contributed by atoms with Crippen molar-refractivity contribution in [3.8, 4) is 0 Å². The molecule has 1 aliphatic heterocycles. The van der Waals surface area contributed by atoms with Gasteiger partial charge in [-0.15, -0.1) is 5.10 Å². The van der Waals surface area contributed by atoms with Crippen molar-refractivity contribution in [2.24, 2.45) is 11.8 Å². The number of amides is 1. The van der Waals surface area contributed by atoms with Gasteiger partial charge in [-0.05, 0) is 50.4 Å². The number of fused-ring (bicyclic) bond motifs is 2. The fourth-order valence-corrected chi connectivity index (χ4v) is 6.35. The van der Waals surface area contributed by atoms with Crippen molar-refractivity contribution in [3.05, 3.63) is 6.33 Å². The van der Waals surface area contributed by atoms with Crippen molar-refractivity contribution in [1.82, 2.24) is 19.7 Å². The summed E-state index contributed by atoms with van der Waals surface area (Å²) < 4.78 is 26.6. The maximum absolute atomic E-state index is 12.8. The smallest absolute Gasteiger partial charge is 0.323 e. The van der Waals surface area contributed by atoms with E-state index in [1.165, 1.54) is 6.33 Å². The molecule has 3 fully saturated rings. The standard InChI is InChI=1S/C15H22N4O3S/c20-15(18-6-2-1-3-7-18)19-10-16-14(17-19)23(21,22)13-9-11-4-5-12(13)8-11/h10-13H,1-9H2/t11-,12+,13+/m0/s1. The molecule has 4 rings (SSSR count). The van der Waals surface area contributed by atoms with Gasteiger partial charge >= 0.3 is 6.03 Å². The number of hydrogen-bond donors (Lipinski definition) is 0. The lowest BCUT2D eigenvalue weighted by Crippen LogP contribution is -2.39. The van der Waals surface area contributed by atoms with E-state index in [0.717, 1.165) is 49.6 Å². The molecule has 2 saturated carbocycles. The van der Waals surface area contributed by atoms with Crippen LogP contribution in [0, 0.1) is 11.8 Å². The summed E-state index contributed by atoms with van der Waals surface area (Å²) >= 11 is 0. The number of rotatable bonds is 2. The van der Waals surface area contributed by atoms with E-state index in [1.54, 1.807) is 4.90 Å². The summed E-state index contributed by atoms with van der Waals surface area (Å²) in [7, 11) is -3.53. The first-order valence-corrected chi connectivity index (χ1v) is 10.0. The van der Waals surface area contributed by atoms with Gasteiger partial charge in [0.2, 0.25) is 9.84 Å². The summed E-state index contributed by atoms with van der Waals surface area (Å²) in [5, 5.41) is 3.47. The van der Waals surface area contributed by atoms with Crippen molar-refractivity contribution < 1.29 is 13.2 Å². The maximum atomic E-state index is 12.8. The largest absolute Gasteiger partial charge is 0.346 e. The van der Waals surface area contributed by atoms with E-state index >= 15 is 0 Å². The molecule has 1 aromatic heterocycles. The van der Waals surface area contributed by atoms with Gasteiger partial charge in [-0.2, -0.15) is 4.68 Å². The third-order valence-corrected chi connectivity index (χ3v) is 7.69. The number of aromatic nitrogens is 3. The normalized spacial score (nSPS) is 30.8. The van der Waals surface area contributed by atoms with E-state index in [0.29, 0.717) is 19.0 Å². The topological polar surface area (TPSA) is 85.2 Å². The Bertz CT molecular complexity index is 708. The van der Waals surface area contributed by atoms with Gasteiger partial charge in [0.1, 0.15) is 6.33 Å². The Morgan fingerprint density at radius 2 is 1.91 bits per heavy atom. The Balaban J connectivity index is 1.54. The van der Waals surface area contributed by atoms with Gasteiger partial charge in [0.15, 0.2) is 0 Å². The lowest BCUT2D eigenvalue weighted by Gasteiger charge is -2.25. The van der Waals surface area contributed by atoms with Gasteiger partial charge in [-0.1, -0.05) is 6.42 Å². The van der Waals surface area contributed by atoms with E-state index < -0.39 is 9.84 Å². The molecule has 3 aliphatic rings. The maximum Gasteiger partial charge on any atom is 0.346 e. The lowest BCUT2D eigenvalue weighted by molar-refractivity contribution is 0.184. The summed E-state index contributed by atoms with van der Waals surface area (Å²) in [5.41, 5.74) is 0. The molecule has 0 spiro atoms. The number of sulfone groups is 1. The van der Waals surface area contributed by atoms with Crippen LogP contribution in [0.3, 0.4) is 0 Å². The van der Waals surface area contributed by atoms with Gasteiger partial charge in [0, 0.05) is 13.1 Å². The minimum absolute atomic E-state index is 0.180. The average molecular weight is 338 g/mol. The zero-order valence-electron chi connectivity index (χ0n) is 13.1. The Labute approximate surface area is 136 Å². The van der Waals surface area contributed by atoms with Crippen LogP contribution in [0.15, 0.2) is 11.5 Å². The van der Waals surface area contributed by atoms with Crippen LogP contribution < -0.4 is 0 Å². The SMILES string of the molecule is O=C(N1CCCCC1)n1cnc(S(=O)(=O)[C@@H]2C[C@H]3CC[C@@H]2C3)n1. The molecule has 2 bridgehead atoms.